The largest absolute Gasteiger partial charge is 0.399 e. The first-order valence-electron chi connectivity index (χ1n) is 15.2. The molecule has 0 fully saturated rings. The van der Waals surface area contributed by atoms with Gasteiger partial charge < -0.3 is 22.5 Å². The highest BCUT2D eigenvalue weighted by molar-refractivity contribution is 5.94. The standard InChI is InChI=1S/C40H35N5/c41-34-9-14-37(15-10-34)44-36-12-5-28(6-13-36)21-31-22-29(7-16-38(31)43)19-26-1-3-27(4-2-26)20-30-8-17-39-32(23-30)24-33-25-35(42)11-18-40(33)45-39/h1-18,22-25,44H,19-21,41-43H2. The van der Waals surface area contributed by atoms with Gasteiger partial charge in [-0.05, 0) is 132 Å². The molecule has 7 N–H and O–H groups in total. The molecule has 0 unspecified atom stereocenters. The lowest BCUT2D eigenvalue weighted by Crippen LogP contribution is -1.99. The molecule has 220 valence electrons. The van der Waals surface area contributed by atoms with Crippen molar-refractivity contribution in [3.8, 4) is 0 Å². The van der Waals surface area contributed by atoms with Gasteiger partial charge in [-0.1, -0.05) is 54.6 Å². The van der Waals surface area contributed by atoms with Crippen LogP contribution in [0.15, 0.2) is 133 Å². The van der Waals surface area contributed by atoms with Crippen LogP contribution in [0.5, 0.6) is 0 Å². The Morgan fingerprint density at radius 2 is 0.911 bits per heavy atom. The Balaban J connectivity index is 1.00. The molecule has 0 saturated heterocycles. The molecule has 0 bridgehead atoms. The van der Waals surface area contributed by atoms with Crippen LogP contribution in [0.1, 0.15) is 33.4 Å². The fourth-order valence-corrected chi connectivity index (χ4v) is 5.85. The molecular formula is C40H35N5. The lowest BCUT2D eigenvalue weighted by atomic mass is 9.96. The van der Waals surface area contributed by atoms with Crippen molar-refractivity contribution in [3.05, 3.63) is 167 Å². The van der Waals surface area contributed by atoms with Crippen LogP contribution in [0.2, 0.25) is 0 Å². The van der Waals surface area contributed by atoms with E-state index in [4.69, 9.17) is 22.2 Å². The number of rotatable bonds is 8. The third-order valence-corrected chi connectivity index (χ3v) is 8.29. The molecule has 0 atom stereocenters. The van der Waals surface area contributed by atoms with Crippen molar-refractivity contribution in [2.24, 2.45) is 0 Å². The minimum atomic E-state index is 0.754. The van der Waals surface area contributed by atoms with Gasteiger partial charge >= 0.3 is 0 Å². The van der Waals surface area contributed by atoms with Gasteiger partial charge in [0.05, 0.1) is 11.0 Å². The smallest absolute Gasteiger partial charge is 0.0711 e. The van der Waals surface area contributed by atoms with Gasteiger partial charge in [-0.3, -0.25) is 0 Å². The summed E-state index contributed by atoms with van der Waals surface area (Å²) in [4.78, 5) is 4.80. The first kappa shape index (κ1) is 28.0. The van der Waals surface area contributed by atoms with E-state index in [1.54, 1.807) is 0 Å². The van der Waals surface area contributed by atoms with Crippen LogP contribution in [0.25, 0.3) is 21.8 Å². The fraction of sp³-hybridized carbons (Fsp3) is 0.0750. The third-order valence-electron chi connectivity index (χ3n) is 8.29. The summed E-state index contributed by atoms with van der Waals surface area (Å²) < 4.78 is 0. The van der Waals surface area contributed by atoms with E-state index in [2.05, 4.69) is 90.2 Å². The highest BCUT2D eigenvalue weighted by atomic mass is 14.9. The van der Waals surface area contributed by atoms with Gasteiger partial charge in [0.2, 0.25) is 0 Å². The third kappa shape index (κ3) is 6.58. The lowest BCUT2D eigenvalue weighted by Gasteiger charge is -2.11. The molecule has 0 aliphatic heterocycles. The second-order valence-corrected chi connectivity index (χ2v) is 11.8. The fourth-order valence-electron chi connectivity index (χ4n) is 5.85. The predicted octanol–water partition coefficient (Wildman–Crippen LogP) is 8.65. The van der Waals surface area contributed by atoms with E-state index in [9.17, 15) is 0 Å². The zero-order valence-electron chi connectivity index (χ0n) is 25.0. The molecule has 0 radical (unpaired) electrons. The van der Waals surface area contributed by atoms with E-state index in [0.29, 0.717) is 0 Å². The van der Waals surface area contributed by atoms with Gasteiger partial charge in [-0.2, -0.15) is 0 Å². The van der Waals surface area contributed by atoms with Gasteiger partial charge in [0.25, 0.3) is 0 Å². The number of hydrogen-bond acceptors (Lipinski definition) is 5. The summed E-state index contributed by atoms with van der Waals surface area (Å²) >= 11 is 0. The SMILES string of the molecule is Nc1ccc(Nc2ccc(Cc3cc(Cc4ccc(Cc5ccc6nc7ccc(N)cc7cc6c5)cc4)ccc3N)cc2)cc1. The van der Waals surface area contributed by atoms with Gasteiger partial charge in [-0.25, -0.2) is 4.98 Å². The molecule has 0 amide bonds. The summed E-state index contributed by atoms with van der Waals surface area (Å²) in [6, 6.07) is 46.1. The summed E-state index contributed by atoms with van der Waals surface area (Å²) in [6.45, 7) is 0. The normalized spacial score (nSPS) is 11.2. The highest BCUT2D eigenvalue weighted by Crippen LogP contribution is 2.25. The molecular weight excluding hydrogens is 550 g/mol. The van der Waals surface area contributed by atoms with Gasteiger partial charge in [0.15, 0.2) is 0 Å². The van der Waals surface area contributed by atoms with Gasteiger partial charge in [-0.15, -0.1) is 0 Å². The van der Waals surface area contributed by atoms with Crippen LogP contribution in [-0.4, -0.2) is 4.98 Å². The molecule has 1 aromatic heterocycles. The zero-order chi connectivity index (χ0) is 30.8. The number of pyridine rings is 1. The number of anilines is 5. The molecule has 7 aromatic rings. The van der Waals surface area contributed by atoms with Crippen molar-refractivity contribution in [2.45, 2.75) is 19.3 Å². The predicted molar refractivity (Wildman–Crippen MR) is 190 cm³/mol. The maximum Gasteiger partial charge on any atom is 0.0711 e. The molecule has 1 heterocycles. The number of nitrogens with zero attached hydrogens (tertiary/aromatic N) is 1. The topological polar surface area (TPSA) is 103 Å². The summed E-state index contributed by atoms with van der Waals surface area (Å²) in [5.41, 5.74) is 32.0. The minimum absolute atomic E-state index is 0.754. The van der Waals surface area contributed by atoms with E-state index in [1.807, 2.05) is 48.5 Å². The van der Waals surface area contributed by atoms with Gasteiger partial charge in [0, 0.05) is 39.2 Å². The Labute approximate surface area is 263 Å². The maximum atomic E-state index is 6.40. The van der Waals surface area contributed by atoms with Crippen molar-refractivity contribution < 1.29 is 0 Å². The monoisotopic (exact) mass is 585 g/mol. The Morgan fingerprint density at radius 3 is 1.60 bits per heavy atom. The first-order valence-corrected chi connectivity index (χ1v) is 15.2. The van der Waals surface area contributed by atoms with Gasteiger partial charge in [0.1, 0.15) is 0 Å². The van der Waals surface area contributed by atoms with Crippen molar-refractivity contribution in [3.63, 3.8) is 0 Å². The second-order valence-electron chi connectivity index (χ2n) is 11.8. The van der Waals surface area contributed by atoms with E-state index >= 15 is 0 Å². The molecule has 0 saturated carbocycles. The summed E-state index contributed by atoms with van der Waals surface area (Å²) in [6.07, 6.45) is 2.51. The maximum absolute atomic E-state index is 6.40. The number of benzene rings is 6. The average Bonchev–Trinajstić information content (AvgIpc) is 3.04. The number of nitrogens with two attached hydrogens (primary N) is 3. The van der Waals surface area contributed by atoms with Crippen molar-refractivity contribution in [1.82, 2.24) is 4.98 Å². The van der Waals surface area contributed by atoms with E-state index in [-0.39, 0.29) is 0 Å². The summed E-state index contributed by atoms with van der Waals surface area (Å²) in [5.74, 6) is 0. The number of fused-ring (bicyclic) bond motifs is 2. The Bertz CT molecular complexity index is 2120. The molecule has 5 heteroatoms. The van der Waals surface area contributed by atoms with E-state index in [1.165, 1.54) is 27.8 Å². The first-order chi connectivity index (χ1) is 21.9. The van der Waals surface area contributed by atoms with Crippen LogP contribution >= 0.6 is 0 Å². The Kier molecular flexibility index (Phi) is 7.50. The zero-order valence-corrected chi connectivity index (χ0v) is 25.0. The quantitative estimate of drug-likeness (QED) is 0.106. The number of hydrogen-bond donors (Lipinski definition) is 4. The molecule has 0 spiro atoms. The van der Waals surface area contributed by atoms with Crippen LogP contribution in [-0.2, 0) is 19.3 Å². The van der Waals surface area contributed by atoms with Crippen LogP contribution < -0.4 is 22.5 Å². The summed E-state index contributed by atoms with van der Waals surface area (Å²) in [5, 5.41) is 5.61. The van der Waals surface area contributed by atoms with Crippen LogP contribution in [0.3, 0.4) is 0 Å². The highest BCUT2D eigenvalue weighted by Gasteiger charge is 2.07. The van der Waals surface area contributed by atoms with Crippen molar-refractivity contribution in [2.75, 3.05) is 22.5 Å². The molecule has 6 aromatic carbocycles. The van der Waals surface area contributed by atoms with Crippen LogP contribution in [0.4, 0.5) is 28.4 Å². The lowest BCUT2D eigenvalue weighted by molar-refractivity contribution is 1.13. The molecule has 7 rings (SSSR count). The van der Waals surface area contributed by atoms with Crippen LogP contribution in [0, 0.1) is 0 Å². The van der Waals surface area contributed by atoms with E-state index in [0.717, 1.165) is 75.1 Å². The number of nitrogens with one attached hydrogen (secondary N) is 1. The van der Waals surface area contributed by atoms with Crippen molar-refractivity contribution in [1.29, 1.82) is 0 Å². The molecule has 0 aliphatic rings. The molecule has 0 aliphatic carbocycles. The second kappa shape index (κ2) is 12.1. The Morgan fingerprint density at radius 1 is 0.422 bits per heavy atom. The van der Waals surface area contributed by atoms with Crippen molar-refractivity contribution >= 4 is 50.2 Å². The Hall–Kier alpha value is -5.81. The number of nitrogen functional groups attached to an aromatic ring is 3. The minimum Gasteiger partial charge on any atom is -0.399 e. The molecule has 45 heavy (non-hydrogen) atoms. The van der Waals surface area contributed by atoms with E-state index < -0.39 is 0 Å². The number of aromatic nitrogens is 1. The average molecular weight is 586 g/mol. The summed E-state index contributed by atoms with van der Waals surface area (Å²) in [7, 11) is 0. The molecule has 5 nitrogen and oxygen atoms in total.